The maximum Gasteiger partial charge on any atom is 0.164 e. The Balaban J connectivity index is 1.42. The van der Waals surface area contributed by atoms with Gasteiger partial charge in [0.25, 0.3) is 0 Å². The molecule has 0 aliphatic rings. The predicted molar refractivity (Wildman–Crippen MR) is 154 cm³/mol. The molecule has 0 N–H and O–H groups in total. The van der Waals surface area contributed by atoms with Gasteiger partial charge in [-0.2, -0.15) is 0 Å². The van der Waals surface area contributed by atoms with E-state index < -0.39 is 0 Å². The highest BCUT2D eigenvalue weighted by molar-refractivity contribution is 5.88. The first kappa shape index (κ1) is 22.0. The van der Waals surface area contributed by atoms with Crippen molar-refractivity contribution in [1.82, 2.24) is 19.9 Å². The molecular weight excluding hydrogens is 464 g/mol. The van der Waals surface area contributed by atoms with E-state index in [4.69, 9.17) is 15.0 Å². The molecule has 0 spiro atoms. The predicted octanol–water partition coefficient (Wildman–Crippen LogP) is 8.24. The largest absolute Gasteiger partial charge is 0.264 e. The van der Waals surface area contributed by atoms with Gasteiger partial charge < -0.3 is 0 Å². The van der Waals surface area contributed by atoms with Crippen LogP contribution >= 0.6 is 0 Å². The third kappa shape index (κ3) is 4.18. The third-order valence-corrected chi connectivity index (χ3v) is 6.77. The summed E-state index contributed by atoms with van der Waals surface area (Å²) in [6.45, 7) is 0. The number of hydrogen-bond acceptors (Lipinski definition) is 4. The van der Waals surface area contributed by atoms with E-state index in [1.165, 1.54) is 10.8 Å². The number of rotatable bonds is 4. The number of nitrogens with zero attached hydrogens (tertiary/aromatic N) is 4. The molecule has 0 saturated heterocycles. The first-order valence-corrected chi connectivity index (χ1v) is 12.6. The SMILES string of the molecule is c1cncc(-c2cccc(-c3nc(-c4ccc5ccccc5c4)nc(-c4ccc5ccccc5c4)n3)c2)c1. The van der Waals surface area contributed by atoms with Gasteiger partial charge in [-0.15, -0.1) is 0 Å². The van der Waals surface area contributed by atoms with E-state index in [0.29, 0.717) is 17.5 Å². The minimum absolute atomic E-state index is 0.636. The summed E-state index contributed by atoms with van der Waals surface area (Å²) >= 11 is 0. The van der Waals surface area contributed by atoms with Crippen LogP contribution in [0.5, 0.6) is 0 Å². The average molecular weight is 487 g/mol. The molecule has 5 aromatic carbocycles. The fourth-order valence-electron chi connectivity index (χ4n) is 4.79. The van der Waals surface area contributed by atoms with Gasteiger partial charge >= 0.3 is 0 Å². The Morgan fingerprint density at radius 1 is 0.342 bits per heavy atom. The molecule has 4 heteroatoms. The van der Waals surface area contributed by atoms with Crippen LogP contribution in [0.2, 0.25) is 0 Å². The minimum atomic E-state index is 0.636. The van der Waals surface area contributed by atoms with Crippen molar-refractivity contribution < 1.29 is 0 Å². The summed E-state index contributed by atoms with van der Waals surface area (Å²) in [5.74, 6) is 1.93. The second kappa shape index (κ2) is 9.34. The van der Waals surface area contributed by atoms with Crippen LogP contribution in [0.15, 0.2) is 134 Å². The van der Waals surface area contributed by atoms with Crippen LogP contribution in [0.1, 0.15) is 0 Å². The van der Waals surface area contributed by atoms with Crippen molar-refractivity contribution in [3.05, 3.63) is 134 Å². The molecule has 0 bridgehead atoms. The molecule has 0 aliphatic carbocycles. The quantitative estimate of drug-likeness (QED) is 0.251. The maximum absolute atomic E-state index is 4.97. The highest BCUT2D eigenvalue weighted by Crippen LogP contribution is 2.30. The minimum Gasteiger partial charge on any atom is -0.264 e. The van der Waals surface area contributed by atoms with Gasteiger partial charge in [0.05, 0.1) is 0 Å². The number of benzene rings is 5. The van der Waals surface area contributed by atoms with Gasteiger partial charge in [0.1, 0.15) is 0 Å². The molecule has 178 valence electrons. The number of fused-ring (bicyclic) bond motifs is 2. The lowest BCUT2D eigenvalue weighted by Gasteiger charge is -2.10. The van der Waals surface area contributed by atoms with Crippen molar-refractivity contribution in [3.63, 3.8) is 0 Å². The van der Waals surface area contributed by atoms with Crippen molar-refractivity contribution in [1.29, 1.82) is 0 Å². The average Bonchev–Trinajstić information content (AvgIpc) is 3.01. The molecule has 0 atom stereocenters. The van der Waals surface area contributed by atoms with Gasteiger partial charge in [0, 0.05) is 34.6 Å². The molecule has 0 radical (unpaired) electrons. The highest BCUT2D eigenvalue weighted by atomic mass is 15.0. The highest BCUT2D eigenvalue weighted by Gasteiger charge is 2.14. The van der Waals surface area contributed by atoms with Crippen LogP contribution in [0.4, 0.5) is 0 Å². The Morgan fingerprint density at radius 2 is 0.842 bits per heavy atom. The van der Waals surface area contributed by atoms with Crippen molar-refractivity contribution >= 4 is 21.5 Å². The first-order chi connectivity index (χ1) is 18.8. The van der Waals surface area contributed by atoms with Gasteiger partial charge in [-0.3, -0.25) is 4.98 Å². The molecule has 2 aromatic heterocycles. The van der Waals surface area contributed by atoms with Crippen molar-refractivity contribution in [2.24, 2.45) is 0 Å². The van der Waals surface area contributed by atoms with E-state index >= 15 is 0 Å². The van der Waals surface area contributed by atoms with Gasteiger partial charge in [-0.05, 0) is 51.4 Å². The number of aromatic nitrogens is 4. The zero-order valence-electron chi connectivity index (χ0n) is 20.5. The van der Waals surface area contributed by atoms with Gasteiger partial charge in [-0.1, -0.05) is 97.1 Å². The zero-order valence-corrected chi connectivity index (χ0v) is 20.5. The molecule has 4 nitrogen and oxygen atoms in total. The fourth-order valence-corrected chi connectivity index (χ4v) is 4.79. The van der Waals surface area contributed by atoms with E-state index in [1.807, 2.05) is 24.4 Å². The van der Waals surface area contributed by atoms with Gasteiger partial charge in [0.15, 0.2) is 17.5 Å². The summed E-state index contributed by atoms with van der Waals surface area (Å²) in [7, 11) is 0. The van der Waals surface area contributed by atoms with E-state index in [9.17, 15) is 0 Å². The molecule has 0 unspecified atom stereocenters. The van der Waals surface area contributed by atoms with E-state index in [-0.39, 0.29) is 0 Å². The van der Waals surface area contributed by atoms with Gasteiger partial charge in [0.2, 0.25) is 0 Å². The van der Waals surface area contributed by atoms with E-state index in [0.717, 1.165) is 38.6 Å². The summed E-state index contributed by atoms with van der Waals surface area (Å²) in [6, 6.07) is 41.6. The van der Waals surface area contributed by atoms with Crippen LogP contribution < -0.4 is 0 Å². The molecule has 2 heterocycles. The standard InChI is InChI=1S/C34H22N4/c1-3-9-25-19-29(16-14-23(25)7-1)33-36-32(28-12-5-11-27(21-28)31-13-6-18-35-22-31)37-34(38-33)30-17-15-24-8-2-4-10-26(24)20-30/h1-22H. The molecule has 0 amide bonds. The Labute approximate surface area is 220 Å². The molecule has 7 aromatic rings. The van der Waals surface area contributed by atoms with Crippen molar-refractivity contribution in [2.45, 2.75) is 0 Å². The second-order valence-corrected chi connectivity index (χ2v) is 9.25. The Kier molecular flexibility index (Phi) is 5.41. The maximum atomic E-state index is 4.97. The van der Waals surface area contributed by atoms with Crippen molar-refractivity contribution in [2.75, 3.05) is 0 Å². The van der Waals surface area contributed by atoms with Crippen LogP contribution in [-0.2, 0) is 0 Å². The van der Waals surface area contributed by atoms with E-state index in [2.05, 4.69) is 108 Å². The Bertz CT molecular complexity index is 1830. The third-order valence-electron chi connectivity index (χ3n) is 6.77. The Morgan fingerprint density at radius 3 is 1.39 bits per heavy atom. The normalized spacial score (nSPS) is 11.2. The molecular formula is C34H22N4. The zero-order chi connectivity index (χ0) is 25.3. The smallest absolute Gasteiger partial charge is 0.164 e. The molecule has 38 heavy (non-hydrogen) atoms. The summed E-state index contributed by atoms with van der Waals surface area (Å²) in [5, 5.41) is 4.67. The lowest BCUT2D eigenvalue weighted by Crippen LogP contribution is -2.00. The lowest BCUT2D eigenvalue weighted by atomic mass is 10.0. The molecule has 7 rings (SSSR count). The van der Waals surface area contributed by atoms with Crippen LogP contribution in [-0.4, -0.2) is 19.9 Å². The number of pyridine rings is 1. The molecule has 0 fully saturated rings. The fraction of sp³-hybridized carbons (Fsp3) is 0. The lowest BCUT2D eigenvalue weighted by molar-refractivity contribution is 1.08. The summed E-state index contributed by atoms with van der Waals surface area (Å²) in [4.78, 5) is 19.2. The van der Waals surface area contributed by atoms with E-state index in [1.54, 1.807) is 6.20 Å². The van der Waals surface area contributed by atoms with Crippen LogP contribution in [0.25, 0.3) is 66.8 Å². The van der Waals surface area contributed by atoms with Crippen LogP contribution in [0.3, 0.4) is 0 Å². The summed E-state index contributed by atoms with van der Waals surface area (Å²) in [5.41, 5.74) is 4.96. The van der Waals surface area contributed by atoms with Crippen molar-refractivity contribution in [3.8, 4) is 45.3 Å². The molecule has 0 saturated carbocycles. The number of hydrogen-bond donors (Lipinski definition) is 0. The monoisotopic (exact) mass is 486 g/mol. The van der Waals surface area contributed by atoms with Gasteiger partial charge in [-0.25, -0.2) is 15.0 Å². The topological polar surface area (TPSA) is 51.6 Å². The molecule has 0 aliphatic heterocycles. The summed E-state index contributed by atoms with van der Waals surface area (Å²) in [6.07, 6.45) is 3.65. The first-order valence-electron chi connectivity index (χ1n) is 12.6. The Hall–Kier alpha value is -5.22. The summed E-state index contributed by atoms with van der Waals surface area (Å²) < 4.78 is 0. The second-order valence-electron chi connectivity index (χ2n) is 9.25. The van der Waals surface area contributed by atoms with Crippen LogP contribution in [0, 0.1) is 0 Å².